The smallest absolute Gasteiger partial charge is 0.327 e. The van der Waals surface area contributed by atoms with Crippen molar-refractivity contribution < 1.29 is 14.4 Å². The summed E-state index contributed by atoms with van der Waals surface area (Å²) in [5.74, 6) is 4.51. The zero-order valence-electron chi connectivity index (χ0n) is 9.28. The van der Waals surface area contributed by atoms with Gasteiger partial charge in [0.25, 0.3) is 0 Å². The summed E-state index contributed by atoms with van der Waals surface area (Å²) in [7, 11) is 0. The summed E-state index contributed by atoms with van der Waals surface area (Å²) in [6, 6.07) is 0. The van der Waals surface area contributed by atoms with Gasteiger partial charge in [-0.05, 0) is 13.8 Å². The standard InChI is InChI=1S/C9H19N3O3/c1-9(2)7-12(5-6-14-9)4-3-8(13)15-11-10/h11H,3-7,10H2,1-2H3. The molecule has 1 aliphatic heterocycles. The quantitative estimate of drug-likeness (QED) is 0.484. The fourth-order valence-electron chi connectivity index (χ4n) is 1.67. The van der Waals surface area contributed by atoms with Crippen molar-refractivity contribution in [1.29, 1.82) is 0 Å². The first-order valence-corrected chi connectivity index (χ1v) is 5.05. The molecule has 1 fully saturated rings. The maximum Gasteiger partial charge on any atom is 0.327 e. The van der Waals surface area contributed by atoms with Crippen LogP contribution in [0.3, 0.4) is 0 Å². The summed E-state index contributed by atoms with van der Waals surface area (Å²) in [5, 5.41) is 0. The van der Waals surface area contributed by atoms with E-state index < -0.39 is 0 Å². The first-order chi connectivity index (χ1) is 7.03. The molecule has 0 aromatic heterocycles. The minimum absolute atomic E-state index is 0.131. The largest absolute Gasteiger partial charge is 0.373 e. The second-order valence-corrected chi connectivity index (χ2v) is 4.23. The van der Waals surface area contributed by atoms with Gasteiger partial charge in [-0.2, -0.15) is 0 Å². The topological polar surface area (TPSA) is 76.8 Å². The lowest BCUT2D eigenvalue weighted by atomic mass is 10.1. The third kappa shape index (κ3) is 4.57. The van der Waals surface area contributed by atoms with Crippen LogP contribution in [0, 0.1) is 0 Å². The van der Waals surface area contributed by atoms with Crippen molar-refractivity contribution in [2.75, 3.05) is 26.2 Å². The van der Waals surface area contributed by atoms with Crippen molar-refractivity contribution >= 4 is 5.97 Å². The number of ether oxygens (including phenoxy) is 1. The molecule has 1 rings (SSSR count). The van der Waals surface area contributed by atoms with E-state index in [0.717, 1.165) is 13.1 Å². The van der Waals surface area contributed by atoms with E-state index in [1.54, 1.807) is 0 Å². The Balaban J connectivity index is 2.24. The normalized spacial score (nSPS) is 21.3. The van der Waals surface area contributed by atoms with E-state index in [4.69, 9.17) is 10.6 Å². The van der Waals surface area contributed by atoms with Crippen LogP contribution in [0.5, 0.6) is 0 Å². The molecule has 0 aliphatic carbocycles. The van der Waals surface area contributed by atoms with E-state index >= 15 is 0 Å². The van der Waals surface area contributed by atoms with E-state index in [2.05, 4.69) is 9.74 Å². The predicted octanol–water partition coefficient (Wildman–Crippen LogP) is -0.591. The van der Waals surface area contributed by atoms with Gasteiger partial charge in [-0.3, -0.25) is 9.69 Å². The Morgan fingerprint density at radius 1 is 1.67 bits per heavy atom. The Kier molecular flexibility index (Phi) is 4.46. The Bertz CT molecular complexity index is 221. The van der Waals surface area contributed by atoms with E-state index in [1.165, 1.54) is 0 Å². The molecule has 0 bridgehead atoms. The predicted molar refractivity (Wildman–Crippen MR) is 54.5 cm³/mol. The fourth-order valence-corrected chi connectivity index (χ4v) is 1.67. The van der Waals surface area contributed by atoms with Crippen LogP contribution in [-0.2, 0) is 14.4 Å². The number of hydrazine groups is 1. The highest BCUT2D eigenvalue weighted by atomic mass is 16.7. The Morgan fingerprint density at radius 3 is 3.00 bits per heavy atom. The van der Waals surface area contributed by atoms with Crippen molar-refractivity contribution in [3.63, 3.8) is 0 Å². The number of nitrogens with one attached hydrogen (secondary N) is 1. The molecule has 6 heteroatoms. The molecule has 6 nitrogen and oxygen atoms in total. The molecule has 3 N–H and O–H groups in total. The summed E-state index contributed by atoms with van der Waals surface area (Å²) >= 11 is 0. The van der Waals surface area contributed by atoms with Gasteiger partial charge in [0.2, 0.25) is 0 Å². The number of nitrogens with zero attached hydrogens (tertiary/aromatic N) is 1. The lowest BCUT2D eigenvalue weighted by Gasteiger charge is -2.37. The SMILES string of the molecule is CC1(C)CN(CCC(=O)ONN)CCO1. The molecular weight excluding hydrogens is 198 g/mol. The second kappa shape index (κ2) is 5.41. The number of morpholine rings is 1. The summed E-state index contributed by atoms with van der Waals surface area (Å²) in [4.78, 5) is 17.6. The molecule has 0 aromatic carbocycles. The fraction of sp³-hybridized carbons (Fsp3) is 0.889. The number of nitrogens with two attached hydrogens (primary N) is 1. The maximum absolute atomic E-state index is 11.0. The molecule has 1 aliphatic rings. The van der Waals surface area contributed by atoms with Gasteiger partial charge in [-0.25, -0.2) is 5.84 Å². The van der Waals surface area contributed by atoms with Crippen LogP contribution < -0.4 is 11.4 Å². The van der Waals surface area contributed by atoms with Gasteiger partial charge >= 0.3 is 5.97 Å². The number of hydrogen-bond acceptors (Lipinski definition) is 6. The monoisotopic (exact) mass is 217 g/mol. The Hall–Kier alpha value is -0.690. The van der Waals surface area contributed by atoms with Crippen molar-refractivity contribution in [2.45, 2.75) is 25.9 Å². The Morgan fingerprint density at radius 2 is 2.40 bits per heavy atom. The molecule has 0 spiro atoms. The third-order valence-corrected chi connectivity index (χ3v) is 2.31. The van der Waals surface area contributed by atoms with Crippen LogP contribution in [0.15, 0.2) is 0 Å². The van der Waals surface area contributed by atoms with Gasteiger partial charge in [-0.1, -0.05) is 5.59 Å². The van der Waals surface area contributed by atoms with Gasteiger partial charge in [-0.15, -0.1) is 0 Å². The van der Waals surface area contributed by atoms with E-state index in [1.807, 2.05) is 19.4 Å². The van der Waals surface area contributed by atoms with Crippen LogP contribution in [0.25, 0.3) is 0 Å². The highest BCUT2D eigenvalue weighted by Gasteiger charge is 2.27. The number of carbonyl (C=O) groups is 1. The number of carbonyl (C=O) groups excluding carboxylic acids is 1. The van der Waals surface area contributed by atoms with Crippen LogP contribution in [-0.4, -0.2) is 42.7 Å². The zero-order chi connectivity index (χ0) is 11.3. The average molecular weight is 217 g/mol. The summed E-state index contributed by atoms with van der Waals surface area (Å²) < 4.78 is 5.56. The number of hydrogen-bond donors (Lipinski definition) is 2. The maximum atomic E-state index is 11.0. The summed E-state index contributed by atoms with van der Waals surface area (Å²) in [6.45, 7) is 7.14. The minimum Gasteiger partial charge on any atom is -0.373 e. The molecule has 1 saturated heterocycles. The van der Waals surface area contributed by atoms with Crippen molar-refractivity contribution in [2.24, 2.45) is 5.84 Å². The van der Waals surface area contributed by atoms with Crippen LogP contribution in [0.2, 0.25) is 0 Å². The molecule has 88 valence electrons. The van der Waals surface area contributed by atoms with Gasteiger partial charge in [0, 0.05) is 19.6 Å². The molecule has 0 atom stereocenters. The lowest BCUT2D eigenvalue weighted by Crippen LogP contribution is -2.48. The summed E-state index contributed by atoms with van der Waals surface area (Å²) in [6.07, 6.45) is 0.334. The van der Waals surface area contributed by atoms with Crippen LogP contribution in [0.4, 0.5) is 0 Å². The van der Waals surface area contributed by atoms with Crippen molar-refractivity contribution in [3.8, 4) is 0 Å². The van der Waals surface area contributed by atoms with E-state index in [0.29, 0.717) is 19.6 Å². The molecule has 0 saturated carbocycles. The first kappa shape index (κ1) is 12.4. The van der Waals surface area contributed by atoms with Crippen molar-refractivity contribution in [3.05, 3.63) is 0 Å². The molecule has 0 unspecified atom stereocenters. The highest BCUT2D eigenvalue weighted by molar-refractivity contribution is 5.69. The van der Waals surface area contributed by atoms with Gasteiger partial charge in [0.1, 0.15) is 0 Å². The highest BCUT2D eigenvalue weighted by Crippen LogP contribution is 2.16. The van der Waals surface area contributed by atoms with Crippen molar-refractivity contribution in [1.82, 2.24) is 10.5 Å². The molecule has 1 heterocycles. The van der Waals surface area contributed by atoms with Gasteiger partial charge in [0.05, 0.1) is 18.6 Å². The molecular formula is C9H19N3O3. The van der Waals surface area contributed by atoms with Crippen LogP contribution >= 0.6 is 0 Å². The van der Waals surface area contributed by atoms with E-state index in [-0.39, 0.29) is 11.6 Å². The Labute approximate surface area is 89.6 Å². The molecule has 0 radical (unpaired) electrons. The van der Waals surface area contributed by atoms with E-state index in [9.17, 15) is 4.79 Å². The zero-order valence-corrected chi connectivity index (χ0v) is 9.28. The second-order valence-electron chi connectivity index (χ2n) is 4.23. The molecule has 0 amide bonds. The third-order valence-electron chi connectivity index (χ3n) is 2.31. The van der Waals surface area contributed by atoms with Gasteiger partial charge in [0.15, 0.2) is 0 Å². The molecule has 0 aromatic rings. The van der Waals surface area contributed by atoms with Crippen LogP contribution in [0.1, 0.15) is 20.3 Å². The number of rotatable bonds is 4. The minimum atomic E-state index is -0.346. The lowest BCUT2D eigenvalue weighted by molar-refractivity contribution is -0.152. The van der Waals surface area contributed by atoms with Gasteiger partial charge < -0.3 is 9.57 Å². The average Bonchev–Trinajstić information content (AvgIpc) is 2.14. The summed E-state index contributed by atoms with van der Waals surface area (Å²) in [5.41, 5.74) is 1.75. The molecule has 15 heavy (non-hydrogen) atoms. The first-order valence-electron chi connectivity index (χ1n) is 5.05.